The van der Waals surface area contributed by atoms with E-state index in [4.69, 9.17) is 4.74 Å². The maximum Gasteiger partial charge on any atom is 0.339 e. The molecule has 27 heavy (non-hydrogen) atoms. The normalized spacial score (nSPS) is 11.7. The number of carbonyl (C=O) groups is 1. The number of nitrogens with zero attached hydrogens (tertiary/aromatic N) is 4. The molecule has 1 aromatic heterocycles. The Labute approximate surface area is 154 Å². The van der Waals surface area contributed by atoms with Gasteiger partial charge in [-0.1, -0.05) is 23.4 Å². The molecule has 0 aliphatic rings. The first-order valence-electron chi connectivity index (χ1n) is 7.83. The zero-order chi connectivity index (χ0) is 19.6. The summed E-state index contributed by atoms with van der Waals surface area (Å²) in [6, 6.07) is 12.1. The van der Waals surface area contributed by atoms with E-state index < -0.39 is 28.3 Å². The highest BCUT2D eigenvalue weighted by Crippen LogP contribution is 2.15. The Balaban J connectivity index is 1.81. The van der Waals surface area contributed by atoms with Crippen LogP contribution in [-0.2, 0) is 21.5 Å². The molecule has 0 N–H and O–H groups in total. The minimum atomic E-state index is -3.68. The fourth-order valence-electron chi connectivity index (χ4n) is 2.31. The molecule has 0 saturated carbocycles. The van der Waals surface area contributed by atoms with Crippen molar-refractivity contribution in [2.75, 3.05) is 14.1 Å². The van der Waals surface area contributed by atoms with Crippen LogP contribution in [0.3, 0.4) is 0 Å². The van der Waals surface area contributed by atoms with Crippen molar-refractivity contribution in [2.24, 2.45) is 0 Å². The number of sulfonamides is 1. The zero-order valence-corrected chi connectivity index (χ0v) is 15.4. The molecule has 1 heterocycles. The fraction of sp³-hybridized carbons (Fsp3) is 0.176. The molecule has 0 spiro atoms. The highest BCUT2D eigenvalue weighted by atomic mass is 32.2. The molecular formula is C17H16N4O5S. The van der Waals surface area contributed by atoms with E-state index in [0.29, 0.717) is 10.9 Å². The van der Waals surface area contributed by atoms with Gasteiger partial charge >= 0.3 is 5.97 Å². The number of benzene rings is 2. The van der Waals surface area contributed by atoms with Gasteiger partial charge in [0, 0.05) is 14.1 Å². The molecule has 0 unspecified atom stereocenters. The standard InChI is InChI=1S/C17H16N4O5S/c1-20(2)27(24,25)13-7-5-6-12(10-13)17(23)26-11-21-16(22)14-8-3-4-9-15(14)18-19-21/h3-10H,11H2,1-2H3. The maximum atomic E-state index is 12.3. The Bertz CT molecular complexity index is 1170. The molecule has 0 radical (unpaired) electrons. The van der Waals surface area contributed by atoms with Crippen LogP contribution < -0.4 is 5.56 Å². The molecular weight excluding hydrogens is 372 g/mol. The molecule has 0 amide bonds. The molecule has 2 aromatic carbocycles. The van der Waals surface area contributed by atoms with E-state index in [0.717, 1.165) is 8.99 Å². The Morgan fingerprint density at radius 2 is 1.89 bits per heavy atom. The summed E-state index contributed by atoms with van der Waals surface area (Å²) in [7, 11) is -0.895. The lowest BCUT2D eigenvalue weighted by molar-refractivity contribution is 0.0336. The molecule has 0 bridgehead atoms. The topological polar surface area (TPSA) is 111 Å². The minimum Gasteiger partial charge on any atom is -0.439 e. The van der Waals surface area contributed by atoms with E-state index in [1.165, 1.54) is 38.4 Å². The summed E-state index contributed by atoms with van der Waals surface area (Å²) < 4.78 is 31.4. The Hall–Kier alpha value is -3.11. The van der Waals surface area contributed by atoms with Crippen LogP contribution >= 0.6 is 0 Å². The lowest BCUT2D eigenvalue weighted by Crippen LogP contribution is -2.26. The highest BCUT2D eigenvalue weighted by Gasteiger charge is 2.19. The quantitative estimate of drug-likeness (QED) is 0.596. The van der Waals surface area contributed by atoms with Gasteiger partial charge in [0.15, 0.2) is 6.73 Å². The van der Waals surface area contributed by atoms with Gasteiger partial charge in [-0.2, -0.15) is 4.68 Å². The molecule has 3 rings (SSSR count). The largest absolute Gasteiger partial charge is 0.439 e. The van der Waals surface area contributed by atoms with Crippen molar-refractivity contribution in [1.29, 1.82) is 0 Å². The molecule has 0 aliphatic carbocycles. The molecule has 0 fully saturated rings. The van der Waals surface area contributed by atoms with Crippen LogP contribution in [0.15, 0.2) is 58.2 Å². The summed E-state index contributed by atoms with van der Waals surface area (Å²) in [4.78, 5) is 24.5. The third-order valence-electron chi connectivity index (χ3n) is 3.80. The van der Waals surface area contributed by atoms with Gasteiger partial charge < -0.3 is 4.74 Å². The SMILES string of the molecule is CN(C)S(=O)(=O)c1cccc(C(=O)OCn2nnc3ccccc3c2=O)c1. The highest BCUT2D eigenvalue weighted by molar-refractivity contribution is 7.89. The van der Waals surface area contributed by atoms with E-state index in [-0.39, 0.29) is 10.5 Å². The minimum absolute atomic E-state index is 0.0374. The van der Waals surface area contributed by atoms with E-state index in [1.54, 1.807) is 24.3 Å². The average molecular weight is 388 g/mol. The summed E-state index contributed by atoms with van der Waals surface area (Å²) >= 11 is 0. The van der Waals surface area contributed by atoms with E-state index in [2.05, 4.69) is 10.3 Å². The summed E-state index contributed by atoms with van der Waals surface area (Å²) in [5.74, 6) is -0.785. The molecule has 0 saturated heterocycles. The van der Waals surface area contributed by atoms with Gasteiger partial charge in [0.1, 0.15) is 5.52 Å². The number of hydrogen-bond acceptors (Lipinski definition) is 7. The molecule has 0 atom stereocenters. The van der Waals surface area contributed by atoms with Gasteiger partial charge in [-0.05, 0) is 30.3 Å². The molecule has 3 aromatic rings. The smallest absolute Gasteiger partial charge is 0.339 e. The monoisotopic (exact) mass is 388 g/mol. The number of rotatable bonds is 5. The van der Waals surface area contributed by atoms with Gasteiger partial charge in [0.05, 0.1) is 15.8 Å². The predicted molar refractivity (Wildman–Crippen MR) is 96.5 cm³/mol. The first kappa shape index (κ1) is 18.7. The first-order chi connectivity index (χ1) is 12.8. The second-order valence-corrected chi connectivity index (χ2v) is 7.94. The van der Waals surface area contributed by atoms with E-state index in [9.17, 15) is 18.0 Å². The van der Waals surface area contributed by atoms with Gasteiger partial charge in [-0.25, -0.2) is 17.5 Å². The number of carbonyl (C=O) groups excluding carboxylic acids is 1. The summed E-state index contributed by atoms with van der Waals surface area (Å²) in [5.41, 5.74) is 0.0312. The van der Waals surface area contributed by atoms with Crippen LogP contribution in [0.1, 0.15) is 10.4 Å². The van der Waals surface area contributed by atoms with Crippen LogP contribution in [0.5, 0.6) is 0 Å². The van der Waals surface area contributed by atoms with Crippen LogP contribution in [0, 0.1) is 0 Å². The lowest BCUT2D eigenvalue weighted by Gasteiger charge is -2.12. The van der Waals surface area contributed by atoms with Crippen molar-refractivity contribution in [2.45, 2.75) is 11.6 Å². The Kier molecular flexibility index (Phi) is 5.02. The van der Waals surface area contributed by atoms with E-state index >= 15 is 0 Å². The number of hydrogen-bond donors (Lipinski definition) is 0. The number of esters is 1. The van der Waals surface area contributed by atoms with Crippen molar-refractivity contribution >= 4 is 26.9 Å². The third kappa shape index (κ3) is 3.71. The summed E-state index contributed by atoms with van der Waals surface area (Å²) in [6.07, 6.45) is 0. The number of ether oxygens (including phenoxy) is 1. The van der Waals surface area contributed by atoms with Crippen molar-refractivity contribution < 1.29 is 17.9 Å². The van der Waals surface area contributed by atoms with Crippen LogP contribution in [0.25, 0.3) is 10.9 Å². The average Bonchev–Trinajstić information content (AvgIpc) is 2.67. The van der Waals surface area contributed by atoms with Gasteiger partial charge in [0.25, 0.3) is 5.56 Å². The van der Waals surface area contributed by atoms with Crippen molar-refractivity contribution in [3.8, 4) is 0 Å². The molecule has 140 valence electrons. The number of fused-ring (bicyclic) bond motifs is 1. The van der Waals surface area contributed by atoms with Gasteiger partial charge in [0.2, 0.25) is 10.0 Å². The molecule has 0 aliphatic heterocycles. The Morgan fingerprint density at radius 3 is 2.63 bits per heavy atom. The Morgan fingerprint density at radius 1 is 1.15 bits per heavy atom. The number of aromatic nitrogens is 3. The molecule has 10 heteroatoms. The lowest BCUT2D eigenvalue weighted by atomic mass is 10.2. The van der Waals surface area contributed by atoms with Gasteiger partial charge in [-0.15, -0.1) is 5.10 Å². The second kappa shape index (κ2) is 7.25. The molecule has 9 nitrogen and oxygen atoms in total. The van der Waals surface area contributed by atoms with Crippen LogP contribution in [-0.4, -0.2) is 47.8 Å². The second-order valence-electron chi connectivity index (χ2n) is 5.79. The van der Waals surface area contributed by atoms with Crippen molar-refractivity contribution in [3.63, 3.8) is 0 Å². The fourth-order valence-corrected chi connectivity index (χ4v) is 3.25. The van der Waals surface area contributed by atoms with Crippen LogP contribution in [0.4, 0.5) is 0 Å². The van der Waals surface area contributed by atoms with Crippen LogP contribution in [0.2, 0.25) is 0 Å². The summed E-state index contributed by atoms with van der Waals surface area (Å²) in [6.45, 7) is -0.444. The van der Waals surface area contributed by atoms with Crippen molar-refractivity contribution in [3.05, 3.63) is 64.4 Å². The van der Waals surface area contributed by atoms with Crippen molar-refractivity contribution in [1.82, 2.24) is 19.3 Å². The summed E-state index contributed by atoms with van der Waals surface area (Å²) in [5, 5.41) is 7.97. The van der Waals surface area contributed by atoms with Gasteiger partial charge in [-0.3, -0.25) is 4.79 Å². The van der Waals surface area contributed by atoms with E-state index in [1.807, 2.05) is 0 Å². The first-order valence-corrected chi connectivity index (χ1v) is 9.27. The maximum absolute atomic E-state index is 12.3. The third-order valence-corrected chi connectivity index (χ3v) is 5.61. The zero-order valence-electron chi connectivity index (χ0n) is 14.6. The predicted octanol–water partition coefficient (Wildman–Crippen LogP) is 0.856.